The summed E-state index contributed by atoms with van der Waals surface area (Å²) in [6, 6.07) is 7.36. The fourth-order valence-electron chi connectivity index (χ4n) is 1.66. The number of nitrogens with one attached hydrogen (secondary N) is 1. The number of hydrogen-bond donors (Lipinski definition) is 2. The van der Waals surface area contributed by atoms with Gasteiger partial charge in [0, 0.05) is 16.9 Å². The first-order chi connectivity index (χ1) is 9.42. The summed E-state index contributed by atoms with van der Waals surface area (Å²) in [5.74, 6) is 0. The Kier molecular flexibility index (Phi) is 4.27. The number of sulfonamides is 1. The number of hydrogen-bond acceptors (Lipinski definition) is 4. The second kappa shape index (κ2) is 5.78. The first kappa shape index (κ1) is 14.8. The van der Waals surface area contributed by atoms with Crippen LogP contribution < -0.4 is 4.72 Å². The Bertz CT molecular complexity index is 732. The Morgan fingerprint density at radius 3 is 2.70 bits per heavy atom. The standard InChI is InChI=1S/C13H13ClN2O3S/c1-9-6-11(4-5-15-9)16-20(18,19)12-2-3-13(14)10(7-12)8-17/h2-7,17H,8H2,1H3,(H,15,16). The molecule has 0 radical (unpaired) electrons. The summed E-state index contributed by atoms with van der Waals surface area (Å²) in [7, 11) is -3.73. The predicted octanol–water partition coefficient (Wildman–Crippen LogP) is 2.34. The number of rotatable bonds is 4. The molecule has 1 aromatic heterocycles. The van der Waals surface area contributed by atoms with Crippen LogP contribution in [0.2, 0.25) is 5.02 Å². The van der Waals surface area contributed by atoms with Gasteiger partial charge in [0.25, 0.3) is 10.0 Å². The lowest BCUT2D eigenvalue weighted by Crippen LogP contribution is -2.13. The monoisotopic (exact) mass is 312 g/mol. The third-order valence-electron chi connectivity index (χ3n) is 2.65. The molecule has 0 fully saturated rings. The maximum atomic E-state index is 12.2. The largest absolute Gasteiger partial charge is 0.392 e. The molecule has 2 rings (SSSR count). The highest BCUT2D eigenvalue weighted by Gasteiger charge is 2.16. The summed E-state index contributed by atoms with van der Waals surface area (Å²) < 4.78 is 26.9. The van der Waals surface area contributed by atoms with Crippen molar-refractivity contribution >= 4 is 27.3 Å². The molecule has 1 heterocycles. The van der Waals surface area contributed by atoms with Gasteiger partial charge in [0.05, 0.1) is 17.2 Å². The quantitative estimate of drug-likeness (QED) is 0.908. The number of halogens is 1. The van der Waals surface area contributed by atoms with Crippen molar-refractivity contribution in [2.45, 2.75) is 18.4 Å². The van der Waals surface area contributed by atoms with Crippen LogP contribution in [0.1, 0.15) is 11.3 Å². The Balaban J connectivity index is 2.35. The van der Waals surface area contributed by atoms with E-state index in [0.29, 0.717) is 22.0 Å². The molecule has 2 aromatic rings. The SMILES string of the molecule is Cc1cc(NS(=O)(=O)c2ccc(Cl)c(CO)c2)ccn1. The zero-order valence-electron chi connectivity index (χ0n) is 10.7. The molecular formula is C13H13ClN2O3S. The van der Waals surface area contributed by atoms with Gasteiger partial charge in [-0.1, -0.05) is 11.6 Å². The molecule has 20 heavy (non-hydrogen) atoms. The number of anilines is 1. The van der Waals surface area contributed by atoms with Gasteiger partial charge in [0.2, 0.25) is 0 Å². The fraction of sp³-hybridized carbons (Fsp3) is 0.154. The lowest BCUT2D eigenvalue weighted by Gasteiger charge is -2.10. The smallest absolute Gasteiger partial charge is 0.261 e. The Hall–Kier alpha value is -1.63. The molecule has 0 aliphatic carbocycles. The number of aliphatic hydroxyl groups is 1. The Labute approximate surface area is 122 Å². The van der Waals surface area contributed by atoms with E-state index in [1.807, 2.05) is 0 Å². The van der Waals surface area contributed by atoms with E-state index in [2.05, 4.69) is 9.71 Å². The summed E-state index contributed by atoms with van der Waals surface area (Å²) >= 11 is 5.84. The Morgan fingerprint density at radius 1 is 1.30 bits per heavy atom. The van der Waals surface area contributed by atoms with Crippen LogP contribution in [0.25, 0.3) is 0 Å². The molecule has 0 amide bonds. The summed E-state index contributed by atoms with van der Waals surface area (Å²) in [6.45, 7) is 1.44. The second-order valence-corrected chi connectivity index (χ2v) is 6.29. The lowest BCUT2D eigenvalue weighted by molar-refractivity contribution is 0.281. The van der Waals surface area contributed by atoms with Crippen LogP contribution in [0.5, 0.6) is 0 Å². The average molecular weight is 313 g/mol. The highest BCUT2D eigenvalue weighted by Crippen LogP contribution is 2.22. The first-order valence-corrected chi connectivity index (χ1v) is 7.63. The zero-order chi connectivity index (χ0) is 14.8. The normalized spacial score (nSPS) is 11.3. The van der Waals surface area contributed by atoms with Gasteiger partial charge in [-0.25, -0.2) is 8.42 Å². The minimum atomic E-state index is -3.73. The van der Waals surface area contributed by atoms with Crippen molar-refractivity contribution in [2.75, 3.05) is 4.72 Å². The third kappa shape index (κ3) is 3.27. The topological polar surface area (TPSA) is 79.3 Å². The van der Waals surface area contributed by atoms with Gasteiger partial charge in [-0.2, -0.15) is 0 Å². The maximum absolute atomic E-state index is 12.2. The van der Waals surface area contributed by atoms with Gasteiger partial charge in [0.15, 0.2) is 0 Å². The van der Waals surface area contributed by atoms with Crippen LogP contribution in [0.4, 0.5) is 5.69 Å². The van der Waals surface area contributed by atoms with Gasteiger partial charge in [-0.05, 0) is 42.8 Å². The molecule has 2 N–H and O–H groups in total. The zero-order valence-corrected chi connectivity index (χ0v) is 12.2. The summed E-state index contributed by atoms with van der Waals surface area (Å²) in [6.07, 6.45) is 1.52. The number of aliphatic hydroxyl groups excluding tert-OH is 1. The highest BCUT2D eigenvalue weighted by atomic mass is 35.5. The van der Waals surface area contributed by atoms with E-state index >= 15 is 0 Å². The van der Waals surface area contributed by atoms with Gasteiger partial charge in [0.1, 0.15) is 0 Å². The molecule has 1 aromatic carbocycles. The number of aromatic nitrogens is 1. The van der Waals surface area contributed by atoms with Crippen LogP contribution in [-0.4, -0.2) is 18.5 Å². The average Bonchev–Trinajstić information content (AvgIpc) is 2.38. The van der Waals surface area contributed by atoms with Gasteiger partial charge >= 0.3 is 0 Å². The van der Waals surface area contributed by atoms with E-state index in [4.69, 9.17) is 16.7 Å². The van der Waals surface area contributed by atoms with Crippen LogP contribution in [0.3, 0.4) is 0 Å². The van der Waals surface area contributed by atoms with Crippen LogP contribution in [0, 0.1) is 6.92 Å². The number of pyridine rings is 1. The van der Waals surface area contributed by atoms with Gasteiger partial charge in [-0.3, -0.25) is 9.71 Å². The first-order valence-electron chi connectivity index (χ1n) is 5.77. The molecule has 0 unspecified atom stereocenters. The summed E-state index contributed by atoms with van der Waals surface area (Å²) in [5, 5.41) is 9.45. The van der Waals surface area contributed by atoms with Crippen LogP contribution in [0.15, 0.2) is 41.4 Å². The van der Waals surface area contributed by atoms with E-state index in [0.717, 1.165) is 0 Å². The van der Waals surface area contributed by atoms with Crippen LogP contribution in [-0.2, 0) is 16.6 Å². The van der Waals surface area contributed by atoms with E-state index in [9.17, 15) is 8.42 Å². The van der Waals surface area contributed by atoms with Crippen molar-refractivity contribution < 1.29 is 13.5 Å². The fourth-order valence-corrected chi connectivity index (χ4v) is 2.94. The predicted molar refractivity (Wildman–Crippen MR) is 77.2 cm³/mol. The molecule has 0 bridgehead atoms. The van der Waals surface area contributed by atoms with Crippen molar-refractivity contribution in [3.8, 4) is 0 Å². The molecule has 0 aliphatic heterocycles. The van der Waals surface area contributed by atoms with E-state index in [1.165, 1.54) is 24.4 Å². The molecule has 0 saturated heterocycles. The van der Waals surface area contributed by atoms with E-state index in [1.54, 1.807) is 19.1 Å². The molecular weight excluding hydrogens is 300 g/mol. The van der Waals surface area contributed by atoms with Gasteiger partial charge < -0.3 is 5.11 Å². The molecule has 0 atom stereocenters. The van der Waals surface area contributed by atoms with Crippen molar-refractivity contribution in [1.29, 1.82) is 0 Å². The number of nitrogens with zero attached hydrogens (tertiary/aromatic N) is 1. The van der Waals surface area contributed by atoms with Gasteiger partial charge in [-0.15, -0.1) is 0 Å². The molecule has 0 aliphatic rings. The Morgan fingerprint density at radius 2 is 2.05 bits per heavy atom. The maximum Gasteiger partial charge on any atom is 0.261 e. The molecule has 106 valence electrons. The van der Waals surface area contributed by atoms with E-state index < -0.39 is 10.0 Å². The third-order valence-corrected chi connectivity index (χ3v) is 4.39. The van der Waals surface area contributed by atoms with Crippen molar-refractivity contribution in [1.82, 2.24) is 4.98 Å². The molecule has 5 nitrogen and oxygen atoms in total. The van der Waals surface area contributed by atoms with E-state index in [-0.39, 0.29) is 11.5 Å². The van der Waals surface area contributed by atoms with Crippen LogP contribution >= 0.6 is 11.6 Å². The second-order valence-electron chi connectivity index (χ2n) is 4.20. The minimum absolute atomic E-state index is 0.0421. The van der Waals surface area contributed by atoms with Crippen molar-refractivity contribution in [3.63, 3.8) is 0 Å². The number of aryl methyl sites for hydroxylation is 1. The lowest BCUT2D eigenvalue weighted by atomic mass is 10.2. The summed E-state index contributed by atoms with van der Waals surface area (Å²) in [4.78, 5) is 4.04. The number of benzene rings is 1. The minimum Gasteiger partial charge on any atom is -0.392 e. The van der Waals surface area contributed by atoms with Crippen molar-refractivity contribution in [3.05, 3.63) is 52.8 Å². The molecule has 0 saturated carbocycles. The van der Waals surface area contributed by atoms with Crippen molar-refractivity contribution in [2.24, 2.45) is 0 Å². The summed E-state index contributed by atoms with van der Waals surface area (Å²) in [5.41, 5.74) is 1.50. The highest BCUT2D eigenvalue weighted by molar-refractivity contribution is 7.92. The molecule has 7 heteroatoms. The molecule has 0 spiro atoms.